The van der Waals surface area contributed by atoms with Crippen LogP contribution in [0.2, 0.25) is 10.0 Å². The minimum atomic E-state index is -0.160. The van der Waals surface area contributed by atoms with E-state index in [1.54, 1.807) is 31.3 Å². The van der Waals surface area contributed by atoms with Gasteiger partial charge in [0.1, 0.15) is 12.2 Å². The van der Waals surface area contributed by atoms with Crippen molar-refractivity contribution in [3.63, 3.8) is 0 Å². The van der Waals surface area contributed by atoms with Crippen LogP contribution in [0.4, 0.5) is 0 Å². The van der Waals surface area contributed by atoms with Gasteiger partial charge in [-0.25, -0.2) is 4.98 Å². The summed E-state index contributed by atoms with van der Waals surface area (Å²) >= 11 is 11.8. The number of benzene rings is 1. The summed E-state index contributed by atoms with van der Waals surface area (Å²) in [5.41, 5.74) is 0.734. The van der Waals surface area contributed by atoms with Crippen LogP contribution in [0, 0.1) is 0 Å². The summed E-state index contributed by atoms with van der Waals surface area (Å²) in [5.74, 6) is 0.464. The molecule has 2 rings (SSSR count). The van der Waals surface area contributed by atoms with Crippen molar-refractivity contribution in [2.75, 3.05) is 7.05 Å². The standard InChI is InChI=1S/C13H12Cl2N4O/c1-19(7-12-16-8-17-18-12)13(20)5-3-9-2-4-10(14)6-11(9)15/h2-6,8H,7H2,1H3,(H,16,17,18). The third kappa shape index (κ3) is 3.82. The number of hydrogen-bond acceptors (Lipinski definition) is 3. The number of nitrogens with zero attached hydrogens (tertiary/aromatic N) is 3. The number of carbonyl (C=O) groups is 1. The van der Waals surface area contributed by atoms with Gasteiger partial charge in [0.05, 0.1) is 6.54 Å². The molecule has 1 aromatic heterocycles. The predicted octanol–water partition coefficient (Wildman–Crippen LogP) is 2.78. The number of halogens is 2. The van der Waals surface area contributed by atoms with Crippen molar-refractivity contribution < 1.29 is 4.79 Å². The van der Waals surface area contributed by atoms with Gasteiger partial charge in [-0.15, -0.1) is 0 Å². The zero-order valence-electron chi connectivity index (χ0n) is 10.7. The van der Waals surface area contributed by atoms with Crippen molar-refractivity contribution in [1.82, 2.24) is 20.1 Å². The first-order valence-corrected chi connectivity index (χ1v) is 6.54. The number of aromatic nitrogens is 3. The largest absolute Gasteiger partial charge is 0.335 e. The Kier molecular flexibility index (Phi) is 4.76. The van der Waals surface area contributed by atoms with Gasteiger partial charge in [-0.3, -0.25) is 9.89 Å². The molecule has 0 saturated heterocycles. The Morgan fingerprint density at radius 1 is 1.45 bits per heavy atom. The summed E-state index contributed by atoms with van der Waals surface area (Å²) in [6, 6.07) is 5.10. The van der Waals surface area contributed by atoms with E-state index in [0.717, 1.165) is 5.56 Å². The minimum absolute atomic E-state index is 0.160. The average Bonchev–Trinajstić information content (AvgIpc) is 2.90. The second-order valence-corrected chi connectivity index (χ2v) is 4.97. The number of hydrogen-bond donors (Lipinski definition) is 1. The van der Waals surface area contributed by atoms with Gasteiger partial charge in [0.2, 0.25) is 5.91 Å². The summed E-state index contributed by atoms with van der Waals surface area (Å²) in [7, 11) is 1.68. The van der Waals surface area contributed by atoms with Crippen LogP contribution < -0.4 is 0 Å². The lowest BCUT2D eigenvalue weighted by atomic mass is 10.2. The fourth-order valence-electron chi connectivity index (χ4n) is 1.53. The van der Waals surface area contributed by atoms with E-state index in [4.69, 9.17) is 23.2 Å². The smallest absolute Gasteiger partial charge is 0.246 e. The molecule has 104 valence electrons. The molecule has 0 radical (unpaired) electrons. The maximum absolute atomic E-state index is 11.9. The number of H-pyrrole nitrogens is 1. The number of likely N-dealkylation sites (N-methyl/N-ethyl adjacent to an activating group) is 1. The van der Waals surface area contributed by atoms with E-state index < -0.39 is 0 Å². The van der Waals surface area contributed by atoms with Crippen LogP contribution in [-0.2, 0) is 11.3 Å². The molecule has 1 N–H and O–H groups in total. The molecule has 0 saturated carbocycles. The molecule has 0 aliphatic heterocycles. The lowest BCUT2D eigenvalue weighted by molar-refractivity contribution is -0.125. The topological polar surface area (TPSA) is 61.9 Å². The summed E-state index contributed by atoms with van der Waals surface area (Å²) in [6.45, 7) is 0.359. The highest BCUT2D eigenvalue weighted by Gasteiger charge is 2.07. The lowest BCUT2D eigenvalue weighted by Gasteiger charge is -2.12. The average molecular weight is 311 g/mol. The summed E-state index contributed by atoms with van der Waals surface area (Å²) < 4.78 is 0. The monoisotopic (exact) mass is 310 g/mol. The molecule has 5 nitrogen and oxygen atoms in total. The van der Waals surface area contributed by atoms with Crippen molar-refractivity contribution >= 4 is 35.2 Å². The van der Waals surface area contributed by atoms with E-state index in [1.807, 2.05) is 0 Å². The molecule has 0 unspecified atom stereocenters. The van der Waals surface area contributed by atoms with E-state index in [9.17, 15) is 4.79 Å². The second kappa shape index (κ2) is 6.54. The van der Waals surface area contributed by atoms with Crippen LogP contribution in [-0.4, -0.2) is 33.0 Å². The third-order valence-electron chi connectivity index (χ3n) is 2.60. The fourth-order valence-corrected chi connectivity index (χ4v) is 2.01. The lowest BCUT2D eigenvalue weighted by Crippen LogP contribution is -2.24. The van der Waals surface area contributed by atoms with E-state index in [1.165, 1.54) is 17.3 Å². The van der Waals surface area contributed by atoms with E-state index in [-0.39, 0.29) is 5.91 Å². The molecule has 1 amide bonds. The number of rotatable bonds is 4. The SMILES string of the molecule is CN(Cc1ncn[nH]1)C(=O)C=Cc1ccc(Cl)cc1Cl. The first kappa shape index (κ1) is 14.6. The molecule has 0 spiro atoms. The Morgan fingerprint density at radius 2 is 2.25 bits per heavy atom. The fraction of sp³-hybridized carbons (Fsp3) is 0.154. The van der Waals surface area contributed by atoms with Crippen molar-refractivity contribution in [1.29, 1.82) is 0 Å². The maximum atomic E-state index is 11.9. The summed E-state index contributed by atoms with van der Waals surface area (Å²) in [6.07, 6.45) is 4.50. The highest BCUT2D eigenvalue weighted by atomic mass is 35.5. The zero-order chi connectivity index (χ0) is 14.5. The van der Waals surface area contributed by atoms with Crippen molar-refractivity contribution in [3.05, 3.63) is 52.0 Å². The zero-order valence-corrected chi connectivity index (χ0v) is 12.2. The van der Waals surface area contributed by atoms with Crippen molar-refractivity contribution in [2.45, 2.75) is 6.54 Å². The van der Waals surface area contributed by atoms with E-state index in [0.29, 0.717) is 22.4 Å². The van der Waals surface area contributed by atoms with Crippen LogP contribution in [0.1, 0.15) is 11.4 Å². The number of carbonyl (C=O) groups excluding carboxylic acids is 1. The molecular formula is C13H12Cl2N4O. The normalized spacial score (nSPS) is 10.9. The molecule has 0 aliphatic carbocycles. The number of amides is 1. The Bertz CT molecular complexity index is 625. The number of nitrogens with one attached hydrogen (secondary N) is 1. The van der Waals surface area contributed by atoms with Crippen LogP contribution in [0.5, 0.6) is 0 Å². The van der Waals surface area contributed by atoms with Gasteiger partial charge in [0, 0.05) is 23.2 Å². The first-order chi connectivity index (χ1) is 9.56. The minimum Gasteiger partial charge on any atom is -0.335 e. The van der Waals surface area contributed by atoms with Gasteiger partial charge in [-0.2, -0.15) is 5.10 Å². The van der Waals surface area contributed by atoms with Gasteiger partial charge in [-0.1, -0.05) is 29.3 Å². The van der Waals surface area contributed by atoms with E-state index in [2.05, 4.69) is 15.2 Å². The molecule has 2 aromatic rings. The first-order valence-electron chi connectivity index (χ1n) is 5.79. The summed E-state index contributed by atoms with van der Waals surface area (Å²) in [4.78, 5) is 17.4. The van der Waals surface area contributed by atoms with Crippen molar-refractivity contribution in [3.8, 4) is 0 Å². The Morgan fingerprint density at radius 3 is 2.90 bits per heavy atom. The molecule has 0 aliphatic rings. The van der Waals surface area contributed by atoms with Gasteiger partial charge in [0.25, 0.3) is 0 Å². The molecule has 0 bridgehead atoms. The molecule has 20 heavy (non-hydrogen) atoms. The molecule has 1 aromatic carbocycles. The van der Waals surface area contributed by atoms with Crippen LogP contribution in [0.3, 0.4) is 0 Å². The number of aromatic amines is 1. The highest BCUT2D eigenvalue weighted by molar-refractivity contribution is 6.35. The van der Waals surface area contributed by atoms with Gasteiger partial charge in [-0.05, 0) is 23.8 Å². The van der Waals surface area contributed by atoms with Crippen LogP contribution in [0.15, 0.2) is 30.6 Å². The maximum Gasteiger partial charge on any atom is 0.246 e. The van der Waals surface area contributed by atoms with Gasteiger partial charge >= 0.3 is 0 Å². The second-order valence-electron chi connectivity index (χ2n) is 4.13. The van der Waals surface area contributed by atoms with Crippen LogP contribution in [0.25, 0.3) is 6.08 Å². The van der Waals surface area contributed by atoms with Crippen LogP contribution >= 0.6 is 23.2 Å². The summed E-state index contributed by atoms with van der Waals surface area (Å²) in [5, 5.41) is 7.48. The highest BCUT2D eigenvalue weighted by Crippen LogP contribution is 2.22. The molecule has 1 heterocycles. The van der Waals surface area contributed by atoms with Crippen molar-refractivity contribution in [2.24, 2.45) is 0 Å². The molecule has 0 atom stereocenters. The predicted molar refractivity (Wildman–Crippen MR) is 78.4 cm³/mol. The van der Waals surface area contributed by atoms with Gasteiger partial charge in [0.15, 0.2) is 0 Å². The van der Waals surface area contributed by atoms with Gasteiger partial charge < -0.3 is 4.90 Å². The van der Waals surface area contributed by atoms with E-state index >= 15 is 0 Å². The Labute approximate surface area is 126 Å². The molecular weight excluding hydrogens is 299 g/mol. The third-order valence-corrected chi connectivity index (χ3v) is 3.16. The quantitative estimate of drug-likeness (QED) is 0.883. The Hall–Kier alpha value is -1.85. The Balaban J connectivity index is 2.01. The molecule has 0 fully saturated rings. The molecule has 7 heteroatoms.